The summed E-state index contributed by atoms with van der Waals surface area (Å²) in [5.74, 6) is 0. The Hall–Kier alpha value is 1.21. The van der Waals surface area contributed by atoms with Crippen molar-refractivity contribution >= 4 is 9.26 Å². The molecule has 0 rings (SSSR count). The van der Waals surface area contributed by atoms with E-state index in [4.69, 9.17) is 0 Å². The minimum atomic E-state index is -1.68. The van der Waals surface area contributed by atoms with Crippen LogP contribution in [0.4, 0.5) is 0 Å². The quantitative estimate of drug-likeness (QED) is 0.495. The second-order valence-corrected chi connectivity index (χ2v) is 7.49. The second kappa shape index (κ2) is 6.33. The van der Waals surface area contributed by atoms with Crippen molar-refractivity contribution in [3.8, 4) is 0 Å². The second-order valence-electron chi connectivity index (χ2n) is 0.773. The molecular weight excluding hydrogens is 371 g/mol. The third kappa shape index (κ3) is 5.35. The van der Waals surface area contributed by atoms with Gasteiger partial charge in [-0.05, 0) is 0 Å². The van der Waals surface area contributed by atoms with E-state index in [1.54, 1.807) is 0 Å². The Morgan fingerprint density at radius 3 is 2.12 bits per heavy atom. The fraction of sp³-hybridized carbons (Fsp3) is 0.333. The van der Waals surface area contributed by atoms with Crippen molar-refractivity contribution < 1.29 is 58.3 Å². The normalized spacial score (nSPS) is 9.00. The van der Waals surface area contributed by atoms with Gasteiger partial charge in [0.15, 0.2) is 0 Å². The van der Waals surface area contributed by atoms with E-state index < -0.39 is 13.4 Å². The first-order chi connectivity index (χ1) is 3.18. The van der Waals surface area contributed by atoms with Crippen LogP contribution in [0.25, 0.3) is 0 Å². The summed E-state index contributed by atoms with van der Waals surface area (Å²) >= 11 is 0.506. The Labute approximate surface area is 73.9 Å². The van der Waals surface area contributed by atoms with Gasteiger partial charge in [-0.1, -0.05) is 0 Å². The van der Waals surface area contributed by atoms with Crippen molar-refractivity contribution in [1.82, 2.24) is 0 Å². The number of carbonyl (C=O) groups is 2. The minimum Gasteiger partial charge on any atom is 0 e. The molecule has 0 spiro atoms. The van der Waals surface area contributed by atoms with Gasteiger partial charge in [0, 0.05) is 19.5 Å². The first-order valence-electron chi connectivity index (χ1n) is 1.45. The molecule has 0 saturated heterocycles. The summed E-state index contributed by atoms with van der Waals surface area (Å²) in [6, 6.07) is 0. The van der Waals surface area contributed by atoms with Crippen LogP contribution in [-0.4, -0.2) is 9.26 Å². The van der Waals surface area contributed by atoms with Gasteiger partial charge in [0.05, 0.1) is 0 Å². The summed E-state index contributed by atoms with van der Waals surface area (Å²) in [7, 11) is 0. The Morgan fingerprint density at radius 1 is 1.75 bits per heavy atom. The number of hydrogen-bond acceptors (Lipinski definition) is 2. The molecule has 0 bridgehead atoms. The number of rotatable bonds is 2. The van der Waals surface area contributed by atoms with Crippen LogP contribution in [0.15, 0.2) is 0 Å². The van der Waals surface area contributed by atoms with Crippen molar-refractivity contribution in [1.29, 1.82) is 0 Å². The maximum atomic E-state index is 10.2. The van der Waals surface area contributed by atoms with Crippen molar-refractivity contribution in [3.05, 3.63) is 0 Å². The zero-order valence-electron chi connectivity index (χ0n) is 3.95. The van der Waals surface area contributed by atoms with Gasteiger partial charge in [0.1, 0.15) is 0 Å². The van der Waals surface area contributed by atoms with Crippen LogP contribution in [0, 0.1) is 0 Å². The zero-order valence-corrected chi connectivity index (χ0v) is 9.17. The van der Waals surface area contributed by atoms with E-state index in [1.165, 1.54) is 6.92 Å². The van der Waals surface area contributed by atoms with Gasteiger partial charge in [-0.25, -0.2) is 0 Å². The summed E-state index contributed by atoms with van der Waals surface area (Å²) in [6.07, 6.45) is 0. The van der Waals surface area contributed by atoms with Gasteiger partial charge in [-0.15, -0.1) is 0 Å². The molecule has 0 radical (unpaired) electrons. The van der Waals surface area contributed by atoms with E-state index in [0.29, 0.717) is 0 Å². The third-order valence-electron chi connectivity index (χ3n) is 0.303. The minimum absolute atomic E-state index is 0. The average Bonchev–Trinajstić information content (AvgIpc) is 1.65. The maximum Gasteiger partial charge on any atom is 0 e. The molecule has 0 N–H and O–H groups in total. The molecule has 52 valence electrons. The van der Waals surface area contributed by atoms with E-state index in [9.17, 15) is 9.59 Å². The van der Waals surface area contributed by atoms with Gasteiger partial charge in [-0.3, -0.25) is 0 Å². The topological polar surface area (TPSA) is 34.1 Å². The smallest absolute Gasteiger partial charge is 0 e. The van der Waals surface area contributed by atoms with Gasteiger partial charge in [0.2, 0.25) is 0 Å². The van der Waals surface area contributed by atoms with Crippen LogP contribution >= 0.6 is 0 Å². The van der Waals surface area contributed by atoms with E-state index in [-0.39, 0.29) is 23.9 Å². The summed E-state index contributed by atoms with van der Waals surface area (Å²) in [5, 5.41) is 0. The van der Waals surface area contributed by atoms with Crippen molar-refractivity contribution in [2.45, 2.75) is 6.92 Å². The first-order valence-corrected chi connectivity index (χ1v) is 7.57. The molecule has 0 aliphatic heterocycles. The van der Waals surface area contributed by atoms with Crippen LogP contribution in [-0.2, 0) is 58.3 Å². The molecule has 0 fully saturated rings. The fourth-order valence-electron chi connectivity index (χ4n) is 0.0587. The number of hydrogen-bond donors (Lipinski definition) is 0. The Morgan fingerprint density at radius 2 is 2.12 bits per heavy atom. The summed E-state index contributed by atoms with van der Waals surface area (Å²) in [6.45, 7) is 1.45. The van der Waals surface area contributed by atoms with E-state index in [0.717, 1.165) is 4.88 Å². The molecule has 0 amide bonds. The van der Waals surface area contributed by atoms with Crippen LogP contribution < -0.4 is 0 Å². The van der Waals surface area contributed by atoms with Crippen molar-refractivity contribution in [2.75, 3.05) is 0 Å². The van der Waals surface area contributed by atoms with Gasteiger partial charge in [-0.2, -0.15) is 0 Å². The monoisotopic (exact) mass is 378 g/mol. The molecule has 0 saturated carbocycles. The van der Waals surface area contributed by atoms with Gasteiger partial charge >= 0.3 is 55.0 Å². The van der Waals surface area contributed by atoms with E-state index in [1.807, 2.05) is 0 Å². The average molecular weight is 375 g/mol. The standard InChI is InChI=1S/C2H3O.CHO.3Ru/c1-2-3;1-2;;;/h1H3;1H;;;. The molecule has 0 aliphatic carbocycles. The summed E-state index contributed by atoms with van der Waals surface area (Å²) < 4.78 is 0.0381. The van der Waals surface area contributed by atoms with Crippen molar-refractivity contribution in [3.63, 3.8) is 0 Å². The predicted molar refractivity (Wildman–Crippen MR) is 17.4 cm³/mol. The Bertz CT molecular complexity index is 92.5. The first kappa shape index (κ1) is 11.9. The van der Waals surface area contributed by atoms with Crippen molar-refractivity contribution in [2.24, 2.45) is 0 Å². The molecule has 8 heavy (non-hydrogen) atoms. The maximum absolute atomic E-state index is 10.2. The summed E-state index contributed by atoms with van der Waals surface area (Å²) in [4.78, 5) is 20.7. The molecule has 0 heterocycles. The van der Waals surface area contributed by atoms with Gasteiger partial charge < -0.3 is 0 Å². The van der Waals surface area contributed by atoms with Crippen LogP contribution in [0.5, 0.6) is 0 Å². The predicted octanol–water partition coefficient (Wildman–Crippen LogP) is -0.199. The van der Waals surface area contributed by atoms with Crippen LogP contribution in [0.3, 0.4) is 0 Å². The zero-order chi connectivity index (χ0) is 5.86. The molecule has 2 nitrogen and oxygen atoms in total. The van der Waals surface area contributed by atoms with E-state index >= 15 is 0 Å². The van der Waals surface area contributed by atoms with Crippen LogP contribution in [0.1, 0.15) is 6.92 Å². The SMILES string of the molecule is C[C](=O)[Ru]([Ru])[CH]=O.[Ru]. The molecule has 0 aromatic rings. The largest absolute Gasteiger partial charge is 0 e. The van der Waals surface area contributed by atoms with Gasteiger partial charge in [0.25, 0.3) is 0 Å². The van der Waals surface area contributed by atoms with E-state index in [2.05, 4.69) is 15.8 Å². The third-order valence-corrected chi connectivity index (χ3v) is 5.21. The molecular formula is C3H4O2Ru3. The van der Waals surface area contributed by atoms with Crippen LogP contribution in [0.2, 0.25) is 0 Å². The molecule has 0 atom stereocenters. The molecule has 0 aromatic heterocycles. The molecule has 5 heteroatoms. The Kier molecular flexibility index (Phi) is 9.45. The summed E-state index contributed by atoms with van der Waals surface area (Å²) in [5.41, 5.74) is 0. The number of carbonyl (C=O) groups excluding carboxylic acids is 2. The Balaban J connectivity index is 0. The fourth-order valence-corrected chi connectivity index (χ4v) is 0.347. The molecule has 0 unspecified atom stereocenters. The molecule has 0 aromatic carbocycles. The molecule has 0 aliphatic rings.